The van der Waals surface area contributed by atoms with E-state index in [9.17, 15) is 9.59 Å². The summed E-state index contributed by atoms with van der Waals surface area (Å²) < 4.78 is 4.94. The van der Waals surface area contributed by atoms with Gasteiger partial charge in [-0.15, -0.1) is 0 Å². The number of nitrogens with one attached hydrogen (secondary N) is 1. The fourth-order valence-electron chi connectivity index (χ4n) is 1.82. The SMILES string of the molecule is CCCCN(CCC(=O)NCCC)C(=O)c1ccoc1. The molecule has 0 aromatic carbocycles. The zero-order valence-corrected chi connectivity index (χ0v) is 12.4. The second-order valence-corrected chi connectivity index (χ2v) is 4.76. The molecule has 1 aromatic rings. The Morgan fingerprint density at radius 1 is 1.25 bits per heavy atom. The Labute approximate surface area is 120 Å². The Balaban J connectivity index is 2.51. The molecule has 1 aromatic heterocycles. The molecule has 20 heavy (non-hydrogen) atoms. The van der Waals surface area contributed by atoms with Crippen LogP contribution in [0.25, 0.3) is 0 Å². The smallest absolute Gasteiger partial charge is 0.257 e. The number of furan rings is 1. The summed E-state index contributed by atoms with van der Waals surface area (Å²) in [5.74, 6) is -0.0798. The standard InChI is InChI=1S/C15H24N2O3/c1-3-5-9-17(10-6-14(18)16-8-4-2)15(19)13-7-11-20-12-13/h7,11-12H,3-6,8-10H2,1-2H3,(H,16,18). The van der Waals surface area contributed by atoms with Crippen LogP contribution in [0.1, 0.15) is 49.9 Å². The number of hydrogen-bond donors (Lipinski definition) is 1. The molecule has 5 heteroatoms. The zero-order chi connectivity index (χ0) is 14.8. The number of carbonyl (C=O) groups excluding carboxylic acids is 2. The molecule has 0 fully saturated rings. The Hall–Kier alpha value is -1.78. The van der Waals surface area contributed by atoms with Gasteiger partial charge in [-0.2, -0.15) is 0 Å². The third-order valence-electron chi connectivity index (χ3n) is 3.02. The van der Waals surface area contributed by atoms with Gasteiger partial charge in [0, 0.05) is 26.1 Å². The van der Waals surface area contributed by atoms with E-state index < -0.39 is 0 Å². The summed E-state index contributed by atoms with van der Waals surface area (Å²) in [7, 11) is 0. The molecule has 5 nitrogen and oxygen atoms in total. The summed E-state index contributed by atoms with van der Waals surface area (Å²) in [4.78, 5) is 25.6. The van der Waals surface area contributed by atoms with E-state index in [1.165, 1.54) is 12.5 Å². The first-order valence-corrected chi connectivity index (χ1v) is 7.27. The van der Waals surface area contributed by atoms with Crippen molar-refractivity contribution < 1.29 is 14.0 Å². The van der Waals surface area contributed by atoms with Gasteiger partial charge in [-0.1, -0.05) is 20.3 Å². The third-order valence-corrected chi connectivity index (χ3v) is 3.02. The van der Waals surface area contributed by atoms with Crippen LogP contribution >= 0.6 is 0 Å². The van der Waals surface area contributed by atoms with Crippen molar-refractivity contribution in [3.8, 4) is 0 Å². The Kier molecular flexibility index (Phi) is 7.47. The first-order valence-electron chi connectivity index (χ1n) is 7.27. The molecule has 0 radical (unpaired) electrons. The minimum absolute atomic E-state index is 0.00616. The molecule has 0 spiro atoms. The van der Waals surface area contributed by atoms with Crippen molar-refractivity contribution in [2.45, 2.75) is 39.5 Å². The number of nitrogens with zero attached hydrogens (tertiary/aromatic N) is 1. The fraction of sp³-hybridized carbons (Fsp3) is 0.600. The maximum absolute atomic E-state index is 12.3. The van der Waals surface area contributed by atoms with Gasteiger partial charge in [0.1, 0.15) is 6.26 Å². The van der Waals surface area contributed by atoms with E-state index in [0.29, 0.717) is 31.6 Å². The molecule has 2 amide bonds. The molecule has 0 aliphatic heterocycles. The van der Waals surface area contributed by atoms with Crippen molar-refractivity contribution in [2.24, 2.45) is 0 Å². The molecule has 0 unspecified atom stereocenters. The van der Waals surface area contributed by atoms with Crippen LogP contribution in [0.2, 0.25) is 0 Å². The lowest BCUT2D eigenvalue weighted by molar-refractivity contribution is -0.121. The second-order valence-electron chi connectivity index (χ2n) is 4.76. The van der Waals surface area contributed by atoms with Crippen LogP contribution in [0.4, 0.5) is 0 Å². The Morgan fingerprint density at radius 3 is 2.65 bits per heavy atom. The predicted molar refractivity (Wildman–Crippen MR) is 77.4 cm³/mol. The second kappa shape index (κ2) is 9.18. The van der Waals surface area contributed by atoms with E-state index in [4.69, 9.17) is 4.42 Å². The van der Waals surface area contributed by atoms with Crippen molar-refractivity contribution in [1.29, 1.82) is 0 Å². The minimum atomic E-state index is -0.0736. The monoisotopic (exact) mass is 280 g/mol. The number of amides is 2. The van der Waals surface area contributed by atoms with E-state index in [0.717, 1.165) is 19.3 Å². The van der Waals surface area contributed by atoms with Gasteiger partial charge >= 0.3 is 0 Å². The highest BCUT2D eigenvalue weighted by Crippen LogP contribution is 2.08. The molecule has 1 heterocycles. The fourth-order valence-corrected chi connectivity index (χ4v) is 1.82. The molecule has 0 saturated heterocycles. The molecule has 1 rings (SSSR count). The number of rotatable bonds is 9. The summed E-state index contributed by atoms with van der Waals surface area (Å²) >= 11 is 0. The van der Waals surface area contributed by atoms with Crippen LogP contribution in [0.3, 0.4) is 0 Å². The topological polar surface area (TPSA) is 62.6 Å². The average Bonchev–Trinajstić information content (AvgIpc) is 2.98. The van der Waals surface area contributed by atoms with E-state index in [2.05, 4.69) is 12.2 Å². The lowest BCUT2D eigenvalue weighted by Crippen LogP contribution is -2.36. The first-order chi connectivity index (χ1) is 9.69. The van der Waals surface area contributed by atoms with Gasteiger partial charge in [0.15, 0.2) is 0 Å². The molecule has 0 bridgehead atoms. The summed E-state index contributed by atoms with van der Waals surface area (Å²) in [6, 6.07) is 1.65. The first kappa shape index (κ1) is 16.3. The molecular formula is C15H24N2O3. The van der Waals surface area contributed by atoms with Crippen LogP contribution in [0.5, 0.6) is 0 Å². The van der Waals surface area contributed by atoms with Gasteiger partial charge < -0.3 is 14.6 Å². The molecule has 1 N–H and O–H groups in total. The molecule has 0 aliphatic rings. The highest BCUT2D eigenvalue weighted by Gasteiger charge is 2.17. The van der Waals surface area contributed by atoms with Gasteiger partial charge in [0.2, 0.25) is 5.91 Å². The van der Waals surface area contributed by atoms with Gasteiger partial charge in [-0.25, -0.2) is 0 Å². The van der Waals surface area contributed by atoms with Crippen molar-refractivity contribution >= 4 is 11.8 Å². The summed E-state index contributed by atoms with van der Waals surface area (Å²) in [5, 5.41) is 2.82. The lowest BCUT2D eigenvalue weighted by atomic mass is 10.2. The van der Waals surface area contributed by atoms with Crippen LogP contribution in [-0.4, -0.2) is 36.3 Å². The number of hydrogen-bond acceptors (Lipinski definition) is 3. The summed E-state index contributed by atoms with van der Waals surface area (Å²) in [6.45, 7) is 5.88. The maximum Gasteiger partial charge on any atom is 0.257 e. The average molecular weight is 280 g/mol. The van der Waals surface area contributed by atoms with E-state index >= 15 is 0 Å². The van der Waals surface area contributed by atoms with Gasteiger partial charge in [0.25, 0.3) is 5.91 Å². The van der Waals surface area contributed by atoms with Crippen LogP contribution in [0.15, 0.2) is 23.0 Å². The molecule has 112 valence electrons. The largest absolute Gasteiger partial charge is 0.472 e. The quantitative estimate of drug-likeness (QED) is 0.755. The van der Waals surface area contributed by atoms with E-state index in [-0.39, 0.29) is 11.8 Å². The Bertz CT molecular complexity index is 401. The van der Waals surface area contributed by atoms with Gasteiger partial charge in [-0.3, -0.25) is 9.59 Å². The van der Waals surface area contributed by atoms with Gasteiger partial charge in [0.05, 0.1) is 11.8 Å². The highest BCUT2D eigenvalue weighted by molar-refractivity contribution is 5.94. The molecular weight excluding hydrogens is 256 g/mol. The highest BCUT2D eigenvalue weighted by atomic mass is 16.3. The number of carbonyl (C=O) groups is 2. The zero-order valence-electron chi connectivity index (χ0n) is 12.4. The number of unbranched alkanes of at least 4 members (excludes halogenated alkanes) is 1. The summed E-state index contributed by atoms with van der Waals surface area (Å²) in [6.07, 6.45) is 6.13. The Morgan fingerprint density at radius 2 is 2.05 bits per heavy atom. The van der Waals surface area contributed by atoms with Crippen molar-refractivity contribution in [1.82, 2.24) is 10.2 Å². The minimum Gasteiger partial charge on any atom is -0.472 e. The third kappa shape index (κ3) is 5.47. The van der Waals surface area contributed by atoms with Gasteiger partial charge in [-0.05, 0) is 18.9 Å². The van der Waals surface area contributed by atoms with E-state index in [1.807, 2.05) is 6.92 Å². The predicted octanol–water partition coefficient (Wildman–Crippen LogP) is 2.44. The summed E-state index contributed by atoms with van der Waals surface area (Å²) in [5.41, 5.74) is 0.537. The van der Waals surface area contributed by atoms with Crippen molar-refractivity contribution in [3.05, 3.63) is 24.2 Å². The van der Waals surface area contributed by atoms with Crippen molar-refractivity contribution in [2.75, 3.05) is 19.6 Å². The maximum atomic E-state index is 12.3. The molecule has 0 aliphatic carbocycles. The van der Waals surface area contributed by atoms with E-state index in [1.54, 1.807) is 11.0 Å². The normalized spacial score (nSPS) is 10.3. The van der Waals surface area contributed by atoms with Crippen LogP contribution < -0.4 is 5.32 Å². The van der Waals surface area contributed by atoms with Crippen LogP contribution in [0, 0.1) is 0 Å². The molecule has 0 saturated carbocycles. The molecule has 0 atom stereocenters. The van der Waals surface area contributed by atoms with Crippen molar-refractivity contribution in [3.63, 3.8) is 0 Å². The van der Waals surface area contributed by atoms with Crippen LogP contribution in [-0.2, 0) is 4.79 Å². The lowest BCUT2D eigenvalue weighted by Gasteiger charge is -2.21.